The van der Waals surface area contributed by atoms with Crippen LogP contribution in [-0.2, 0) is 11.3 Å². The van der Waals surface area contributed by atoms with Gasteiger partial charge in [0.25, 0.3) is 0 Å². The molecule has 0 aromatic carbocycles. The average Bonchev–Trinajstić information content (AvgIpc) is 2.52. The molecule has 14 heavy (non-hydrogen) atoms. The fourth-order valence-electron chi connectivity index (χ4n) is 1.36. The van der Waals surface area contributed by atoms with Crippen molar-refractivity contribution in [3.63, 3.8) is 0 Å². The summed E-state index contributed by atoms with van der Waals surface area (Å²) < 4.78 is 7.02. The van der Waals surface area contributed by atoms with Gasteiger partial charge in [-0.25, -0.2) is 0 Å². The maximum Gasteiger partial charge on any atom is 0.0613 e. The van der Waals surface area contributed by atoms with Crippen LogP contribution in [0.25, 0.3) is 0 Å². The summed E-state index contributed by atoms with van der Waals surface area (Å²) in [6.45, 7) is 6.75. The van der Waals surface area contributed by atoms with Crippen molar-refractivity contribution in [3.05, 3.63) is 18.0 Å². The van der Waals surface area contributed by atoms with E-state index in [-0.39, 0.29) is 0 Å². The number of methoxy groups -OCH3 is 1. The molecular formula is C10H19N3O. The second-order valence-electron chi connectivity index (χ2n) is 3.51. The maximum absolute atomic E-state index is 5.03. The molecule has 0 aliphatic carbocycles. The van der Waals surface area contributed by atoms with E-state index in [1.807, 2.05) is 16.9 Å². The molecule has 0 amide bonds. The Bertz CT molecular complexity index is 260. The van der Waals surface area contributed by atoms with Gasteiger partial charge in [0.15, 0.2) is 0 Å². The third-order valence-corrected chi connectivity index (χ3v) is 2.16. The Hall–Kier alpha value is -0.870. The molecule has 4 heteroatoms. The summed E-state index contributed by atoms with van der Waals surface area (Å²) in [7, 11) is 1.72. The third-order valence-electron chi connectivity index (χ3n) is 2.16. The largest absolute Gasteiger partial charge is 0.383 e. The molecular weight excluding hydrogens is 178 g/mol. The minimum Gasteiger partial charge on any atom is -0.383 e. The Balaban J connectivity index is 2.19. The van der Waals surface area contributed by atoms with Crippen molar-refractivity contribution in [1.82, 2.24) is 15.1 Å². The first kappa shape index (κ1) is 11.2. The molecule has 0 aliphatic heterocycles. The van der Waals surface area contributed by atoms with Gasteiger partial charge >= 0.3 is 0 Å². The molecule has 1 N–H and O–H groups in total. The molecule has 1 aromatic heterocycles. The quantitative estimate of drug-likeness (QED) is 0.733. The molecule has 4 nitrogen and oxygen atoms in total. The Kier molecular flexibility index (Phi) is 4.62. The SMILES string of the molecule is COCC(C)NCCn1nccc1C. The topological polar surface area (TPSA) is 39.1 Å². The molecule has 0 radical (unpaired) electrons. The van der Waals surface area contributed by atoms with Crippen molar-refractivity contribution in [3.8, 4) is 0 Å². The number of hydrogen-bond donors (Lipinski definition) is 1. The monoisotopic (exact) mass is 197 g/mol. The normalized spacial score (nSPS) is 13.1. The zero-order valence-electron chi connectivity index (χ0n) is 9.16. The Morgan fingerprint density at radius 3 is 3.00 bits per heavy atom. The lowest BCUT2D eigenvalue weighted by Crippen LogP contribution is -2.33. The highest BCUT2D eigenvalue weighted by Crippen LogP contribution is 1.94. The Labute approximate surface area is 85.3 Å². The van der Waals surface area contributed by atoms with Gasteiger partial charge in [0.05, 0.1) is 13.2 Å². The van der Waals surface area contributed by atoms with E-state index in [4.69, 9.17) is 4.74 Å². The van der Waals surface area contributed by atoms with Crippen LogP contribution in [0, 0.1) is 6.92 Å². The third kappa shape index (κ3) is 3.47. The van der Waals surface area contributed by atoms with Crippen LogP contribution in [0.5, 0.6) is 0 Å². The van der Waals surface area contributed by atoms with Crippen LogP contribution in [0.1, 0.15) is 12.6 Å². The Morgan fingerprint density at radius 1 is 1.64 bits per heavy atom. The van der Waals surface area contributed by atoms with E-state index >= 15 is 0 Å². The van der Waals surface area contributed by atoms with Crippen molar-refractivity contribution in [2.24, 2.45) is 0 Å². The minimum atomic E-state index is 0.399. The molecule has 0 saturated heterocycles. The molecule has 0 spiro atoms. The van der Waals surface area contributed by atoms with Crippen molar-refractivity contribution in [2.75, 3.05) is 20.3 Å². The van der Waals surface area contributed by atoms with Gasteiger partial charge in [-0.3, -0.25) is 4.68 Å². The molecule has 1 unspecified atom stereocenters. The molecule has 0 saturated carbocycles. The average molecular weight is 197 g/mol. The first-order valence-corrected chi connectivity index (χ1v) is 4.94. The van der Waals surface area contributed by atoms with Crippen molar-refractivity contribution in [2.45, 2.75) is 26.4 Å². The van der Waals surface area contributed by atoms with E-state index in [1.165, 1.54) is 5.69 Å². The number of aromatic nitrogens is 2. The second-order valence-corrected chi connectivity index (χ2v) is 3.51. The molecule has 1 heterocycles. The summed E-state index contributed by atoms with van der Waals surface area (Å²) in [6, 6.07) is 2.41. The number of aryl methyl sites for hydroxylation is 1. The van der Waals surface area contributed by atoms with Gasteiger partial charge in [-0.2, -0.15) is 5.10 Å². The van der Waals surface area contributed by atoms with E-state index < -0.39 is 0 Å². The molecule has 1 atom stereocenters. The van der Waals surface area contributed by atoms with Crippen LogP contribution >= 0.6 is 0 Å². The number of rotatable bonds is 6. The van der Waals surface area contributed by atoms with E-state index in [0.717, 1.165) is 19.7 Å². The van der Waals surface area contributed by atoms with Gasteiger partial charge in [-0.05, 0) is 19.9 Å². The fraction of sp³-hybridized carbons (Fsp3) is 0.700. The molecule has 0 aliphatic rings. The lowest BCUT2D eigenvalue weighted by molar-refractivity contribution is 0.171. The van der Waals surface area contributed by atoms with Crippen LogP contribution in [-0.4, -0.2) is 36.1 Å². The molecule has 0 bridgehead atoms. The zero-order chi connectivity index (χ0) is 10.4. The lowest BCUT2D eigenvalue weighted by atomic mass is 10.3. The first-order chi connectivity index (χ1) is 6.74. The fourth-order valence-corrected chi connectivity index (χ4v) is 1.36. The van der Waals surface area contributed by atoms with Crippen molar-refractivity contribution in [1.29, 1.82) is 0 Å². The summed E-state index contributed by atoms with van der Waals surface area (Å²) in [5.41, 5.74) is 1.20. The summed E-state index contributed by atoms with van der Waals surface area (Å²) >= 11 is 0. The van der Waals surface area contributed by atoms with Gasteiger partial charge < -0.3 is 10.1 Å². The van der Waals surface area contributed by atoms with Crippen molar-refractivity contribution >= 4 is 0 Å². The predicted octanol–water partition coefficient (Wildman–Crippen LogP) is 0.816. The molecule has 0 fully saturated rings. The maximum atomic E-state index is 5.03. The van der Waals surface area contributed by atoms with Crippen LogP contribution in [0.4, 0.5) is 0 Å². The van der Waals surface area contributed by atoms with Gasteiger partial charge in [-0.15, -0.1) is 0 Å². The van der Waals surface area contributed by atoms with E-state index in [2.05, 4.69) is 24.3 Å². The lowest BCUT2D eigenvalue weighted by Gasteiger charge is -2.12. The molecule has 1 rings (SSSR count). The summed E-state index contributed by atoms with van der Waals surface area (Å²) in [6.07, 6.45) is 1.83. The number of hydrogen-bond acceptors (Lipinski definition) is 3. The number of nitrogens with one attached hydrogen (secondary N) is 1. The second kappa shape index (κ2) is 5.78. The standard InChI is InChI=1S/C10H19N3O/c1-9(8-14-3)11-6-7-13-10(2)4-5-12-13/h4-5,9,11H,6-8H2,1-3H3. The van der Waals surface area contributed by atoms with Crippen LogP contribution in [0.2, 0.25) is 0 Å². The highest BCUT2D eigenvalue weighted by Gasteiger charge is 2.00. The summed E-state index contributed by atoms with van der Waals surface area (Å²) in [5, 5.41) is 7.57. The first-order valence-electron chi connectivity index (χ1n) is 4.94. The summed E-state index contributed by atoms with van der Waals surface area (Å²) in [4.78, 5) is 0. The zero-order valence-corrected chi connectivity index (χ0v) is 9.16. The van der Waals surface area contributed by atoms with Crippen LogP contribution < -0.4 is 5.32 Å². The molecule has 1 aromatic rings. The Morgan fingerprint density at radius 2 is 2.43 bits per heavy atom. The van der Waals surface area contributed by atoms with Gasteiger partial charge in [0.2, 0.25) is 0 Å². The number of nitrogens with zero attached hydrogens (tertiary/aromatic N) is 2. The van der Waals surface area contributed by atoms with Crippen LogP contribution in [0.3, 0.4) is 0 Å². The predicted molar refractivity (Wildman–Crippen MR) is 56.3 cm³/mol. The smallest absolute Gasteiger partial charge is 0.0613 e. The molecule has 80 valence electrons. The van der Waals surface area contributed by atoms with Crippen LogP contribution in [0.15, 0.2) is 12.3 Å². The van der Waals surface area contributed by atoms with Gasteiger partial charge in [-0.1, -0.05) is 0 Å². The van der Waals surface area contributed by atoms with E-state index in [9.17, 15) is 0 Å². The highest BCUT2D eigenvalue weighted by atomic mass is 16.5. The van der Waals surface area contributed by atoms with Gasteiger partial charge in [0.1, 0.15) is 0 Å². The van der Waals surface area contributed by atoms with E-state index in [1.54, 1.807) is 7.11 Å². The van der Waals surface area contributed by atoms with Crippen molar-refractivity contribution < 1.29 is 4.74 Å². The van der Waals surface area contributed by atoms with Gasteiger partial charge in [0, 0.05) is 31.6 Å². The summed E-state index contributed by atoms with van der Waals surface area (Å²) in [5.74, 6) is 0. The number of ether oxygens (including phenoxy) is 1. The highest BCUT2D eigenvalue weighted by molar-refractivity contribution is 4.96. The minimum absolute atomic E-state index is 0.399. The van der Waals surface area contributed by atoms with E-state index in [0.29, 0.717) is 6.04 Å².